The summed E-state index contributed by atoms with van der Waals surface area (Å²) in [5, 5.41) is 21.9. The number of phenols is 1. The molecule has 1 aromatic rings. The van der Waals surface area contributed by atoms with E-state index >= 15 is 0 Å². The molecule has 3 aliphatic carbocycles. The van der Waals surface area contributed by atoms with Crippen molar-refractivity contribution in [2.45, 2.75) is 32.3 Å². The highest BCUT2D eigenvalue weighted by Gasteiger charge is 2.69. The maximum absolute atomic E-state index is 13.7. The van der Waals surface area contributed by atoms with Gasteiger partial charge in [-0.15, -0.1) is 0 Å². The molecule has 0 spiro atoms. The Morgan fingerprint density at radius 2 is 1.80 bits per heavy atom. The number of primary amides is 1. The Hall–Kier alpha value is -3.12. The number of carbonyl (C=O) groups is 5. The van der Waals surface area contributed by atoms with Gasteiger partial charge in [0.2, 0.25) is 15.9 Å². The highest BCUT2D eigenvalue weighted by atomic mass is 32.2. The summed E-state index contributed by atoms with van der Waals surface area (Å²) in [7, 11) is -3.74. The van der Waals surface area contributed by atoms with Crippen LogP contribution in [-0.4, -0.2) is 59.5 Å². The highest BCUT2D eigenvalue weighted by Crippen LogP contribution is 2.53. The second kappa shape index (κ2) is 7.95. The van der Waals surface area contributed by atoms with Crippen molar-refractivity contribution in [1.82, 2.24) is 0 Å². The van der Waals surface area contributed by atoms with Crippen LogP contribution in [0.1, 0.15) is 36.2 Å². The zero-order chi connectivity index (χ0) is 26.2. The van der Waals surface area contributed by atoms with Gasteiger partial charge >= 0.3 is 0 Å². The van der Waals surface area contributed by atoms with Gasteiger partial charge in [-0.25, -0.2) is 8.42 Å². The molecule has 0 heterocycles. The number of amides is 1. The van der Waals surface area contributed by atoms with Crippen LogP contribution in [0.3, 0.4) is 0 Å². The van der Waals surface area contributed by atoms with Crippen molar-refractivity contribution in [2.75, 3.05) is 11.0 Å². The van der Waals surface area contributed by atoms with Gasteiger partial charge in [0.1, 0.15) is 5.75 Å². The number of ketones is 4. The minimum Gasteiger partial charge on any atom is -0.507 e. The van der Waals surface area contributed by atoms with Crippen LogP contribution in [0.25, 0.3) is 0 Å². The molecule has 11 nitrogen and oxygen atoms in total. The van der Waals surface area contributed by atoms with Gasteiger partial charge in [0.05, 0.1) is 23.4 Å². The van der Waals surface area contributed by atoms with Crippen molar-refractivity contribution in [3.05, 3.63) is 23.3 Å². The molecule has 5 N–H and O–H groups in total. The van der Waals surface area contributed by atoms with Gasteiger partial charge in [-0.3, -0.25) is 28.7 Å². The fourth-order valence-electron chi connectivity index (χ4n) is 6.15. The molecule has 0 aromatic heterocycles. The average molecular weight is 507 g/mol. The van der Waals surface area contributed by atoms with Gasteiger partial charge < -0.3 is 15.9 Å². The molecular formula is C23H26N2O9S. The molecule has 0 aliphatic heterocycles. The van der Waals surface area contributed by atoms with Gasteiger partial charge in [0.15, 0.2) is 34.7 Å². The van der Waals surface area contributed by atoms with E-state index in [1.54, 1.807) is 13.8 Å². The summed E-state index contributed by atoms with van der Waals surface area (Å²) in [6.07, 6.45) is 0.812. The number of phenolic OH excluding ortho intramolecular Hbond substituents is 1. The quantitative estimate of drug-likeness (QED) is 0.309. The largest absolute Gasteiger partial charge is 0.507 e. The Morgan fingerprint density at radius 1 is 1.17 bits per heavy atom. The van der Waals surface area contributed by atoms with Crippen molar-refractivity contribution in [2.24, 2.45) is 41.2 Å². The molecule has 1 amide bonds. The van der Waals surface area contributed by atoms with E-state index in [-0.39, 0.29) is 29.7 Å². The Morgan fingerprint density at radius 3 is 2.34 bits per heavy atom. The molecule has 35 heavy (non-hydrogen) atoms. The first-order valence-corrected chi connectivity index (χ1v) is 13.0. The predicted molar refractivity (Wildman–Crippen MR) is 121 cm³/mol. The van der Waals surface area contributed by atoms with Crippen molar-refractivity contribution >= 4 is 44.8 Å². The highest BCUT2D eigenvalue weighted by molar-refractivity contribution is 7.92. The van der Waals surface area contributed by atoms with Crippen LogP contribution in [0, 0.1) is 35.5 Å². The SMILES string of the molecule is CC(C)[C@@H]1C(=O)C(C(N)=O)C(=O)[C@@]2(O)C(=O)C3C(=O)c4c(O)ccc(NS(C)(=O)=O)c4C[C@H]3C[C@@H]12. The summed E-state index contributed by atoms with van der Waals surface area (Å²) in [5.41, 5.74) is 2.49. The maximum atomic E-state index is 13.7. The number of nitrogens with one attached hydrogen (secondary N) is 1. The lowest BCUT2D eigenvalue weighted by Gasteiger charge is -2.52. The molecule has 2 unspecified atom stereocenters. The van der Waals surface area contributed by atoms with Crippen LogP contribution in [0.2, 0.25) is 0 Å². The first-order valence-electron chi connectivity index (χ1n) is 11.1. The van der Waals surface area contributed by atoms with Gasteiger partial charge in [-0.2, -0.15) is 0 Å². The van der Waals surface area contributed by atoms with Gasteiger partial charge in [-0.05, 0) is 42.4 Å². The third-order valence-electron chi connectivity index (χ3n) is 7.49. The molecule has 12 heteroatoms. The van der Waals surface area contributed by atoms with E-state index in [0.717, 1.165) is 12.3 Å². The number of hydrogen-bond acceptors (Lipinski definition) is 9. The summed E-state index contributed by atoms with van der Waals surface area (Å²) in [6, 6.07) is 2.41. The molecule has 0 bridgehead atoms. The summed E-state index contributed by atoms with van der Waals surface area (Å²) in [5.74, 6) is -12.9. The number of sulfonamides is 1. The van der Waals surface area contributed by atoms with Crippen molar-refractivity contribution in [1.29, 1.82) is 0 Å². The number of aromatic hydroxyl groups is 1. The number of rotatable bonds is 4. The summed E-state index contributed by atoms with van der Waals surface area (Å²) >= 11 is 0. The van der Waals surface area contributed by atoms with E-state index in [2.05, 4.69) is 4.72 Å². The van der Waals surface area contributed by atoms with E-state index in [4.69, 9.17) is 5.73 Å². The van der Waals surface area contributed by atoms with E-state index in [1.807, 2.05) is 0 Å². The Balaban J connectivity index is 1.88. The van der Waals surface area contributed by atoms with Crippen molar-refractivity contribution < 1.29 is 42.6 Å². The maximum Gasteiger partial charge on any atom is 0.235 e. The normalized spacial score (nSPS) is 32.7. The summed E-state index contributed by atoms with van der Waals surface area (Å²) in [4.78, 5) is 65.4. The van der Waals surface area contributed by atoms with Crippen LogP contribution < -0.4 is 10.5 Å². The monoisotopic (exact) mass is 506 g/mol. The smallest absolute Gasteiger partial charge is 0.235 e. The Bertz CT molecular complexity index is 1300. The standard InChI is InChI=1S/C23H26N2O9S/c1-8(2)14-11-7-9-6-10-12(25-35(3,33)34)4-5-13(26)16(10)19(28)15(9)20(29)23(11,32)21(30)17(18(14)27)22(24)31/h4-5,8-9,11,14-15,17,25-26,32H,6-7H2,1-3H3,(H2,24,31)/t9-,11-,14-,15?,17?,23-/m0/s1. The lowest BCUT2D eigenvalue weighted by Crippen LogP contribution is -2.71. The fourth-order valence-corrected chi connectivity index (χ4v) is 6.74. The van der Waals surface area contributed by atoms with E-state index in [1.165, 1.54) is 6.07 Å². The number of anilines is 1. The zero-order valence-corrected chi connectivity index (χ0v) is 20.1. The van der Waals surface area contributed by atoms with Gasteiger partial charge in [0, 0.05) is 11.8 Å². The molecule has 2 fully saturated rings. The summed E-state index contributed by atoms with van der Waals surface area (Å²) < 4.78 is 26.0. The topological polar surface area (TPSA) is 198 Å². The number of Topliss-reactive ketones (excluding diaryl/α,β-unsaturated/α-hetero) is 4. The van der Waals surface area contributed by atoms with Gasteiger partial charge in [-0.1, -0.05) is 13.8 Å². The van der Waals surface area contributed by atoms with E-state index in [0.29, 0.717) is 0 Å². The Labute approximate surface area is 201 Å². The number of fused-ring (bicyclic) bond motifs is 3. The second-order valence-electron chi connectivity index (χ2n) is 10.0. The Kier molecular flexibility index (Phi) is 5.68. The molecule has 3 aliphatic rings. The third-order valence-corrected chi connectivity index (χ3v) is 8.08. The van der Waals surface area contributed by atoms with Crippen LogP contribution in [-0.2, 0) is 35.6 Å². The van der Waals surface area contributed by atoms with E-state index in [9.17, 15) is 42.6 Å². The molecule has 0 saturated heterocycles. The number of nitrogens with two attached hydrogens (primary N) is 1. The minimum absolute atomic E-state index is 0.0250. The number of carbonyl (C=O) groups excluding carboxylic acids is 5. The zero-order valence-electron chi connectivity index (χ0n) is 19.3. The van der Waals surface area contributed by atoms with Crippen LogP contribution >= 0.6 is 0 Å². The summed E-state index contributed by atoms with van der Waals surface area (Å²) in [6.45, 7) is 3.31. The molecule has 6 atom stereocenters. The number of benzene rings is 1. The van der Waals surface area contributed by atoms with Crippen LogP contribution in [0.5, 0.6) is 5.75 Å². The lowest BCUT2D eigenvalue weighted by atomic mass is 9.50. The molecule has 188 valence electrons. The van der Waals surface area contributed by atoms with Gasteiger partial charge in [0.25, 0.3) is 0 Å². The first-order chi connectivity index (χ1) is 16.1. The van der Waals surface area contributed by atoms with Crippen LogP contribution in [0.15, 0.2) is 12.1 Å². The third kappa shape index (κ3) is 3.57. The van der Waals surface area contributed by atoms with Crippen molar-refractivity contribution in [3.8, 4) is 5.75 Å². The molecule has 1 aromatic carbocycles. The second-order valence-corrected chi connectivity index (χ2v) is 11.8. The fraction of sp³-hybridized carbons (Fsp3) is 0.522. The minimum atomic E-state index is -3.74. The lowest BCUT2D eigenvalue weighted by molar-refractivity contribution is -0.182. The molecule has 4 rings (SSSR count). The number of hydrogen-bond donors (Lipinski definition) is 4. The molecule has 2 saturated carbocycles. The first kappa shape index (κ1) is 25.0. The van der Waals surface area contributed by atoms with E-state index < -0.39 is 85.9 Å². The van der Waals surface area contributed by atoms with Crippen molar-refractivity contribution in [3.63, 3.8) is 0 Å². The molecule has 0 radical (unpaired) electrons. The number of aliphatic hydroxyl groups is 1. The molecular weight excluding hydrogens is 480 g/mol. The predicted octanol–water partition coefficient (Wildman–Crippen LogP) is -0.419. The van der Waals surface area contributed by atoms with Crippen LogP contribution in [0.4, 0.5) is 5.69 Å². The average Bonchev–Trinajstić information content (AvgIpc) is 2.71.